The minimum absolute atomic E-state index is 0.0484. The Morgan fingerprint density at radius 3 is 2.68 bits per heavy atom. The van der Waals surface area contributed by atoms with Gasteiger partial charge in [0.25, 0.3) is 5.91 Å². The molecule has 1 unspecified atom stereocenters. The van der Waals surface area contributed by atoms with Crippen LogP contribution in [0.3, 0.4) is 0 Å². The van der Waals surface area contributed by atoms with E-state index >= 15 is 0 Å². The third kappa shape index (κ3) is 3.54. The van der Waals surface area contributed by atoms with E-state index in [-0.39, 0.29) is 11.2 Å². The van der Waals surface area contributed by atoms with Gasteiger partial charge >= 0.3 is 0 Å². The minimum Gasteiger partial charge on any atom is -0.493 e. The van der Waals surface area contributed by atoms with Crippen LogP contribution in [-0.4, -0.2) is 24.6 Å². The van der Waals surface area contributed by atoms with Gasteiger partial charge in [0.15, 0.2) is 22.1 Å². The van der Waals surface area contributed by atoms with E-state index < -0.39 is 11.9 Å². The lowest BCUT2D eigenvalue weighted by molar-refractivity contribution is 0.0971. The second kappa shape index (κ2) is 8.95. The molecule has 0 spiro atoms. The normalized spacial score (nSPS) is 15.1. The second-order valence-electron chi connectivity index (χ2n) is 8.01. The van der Waals surface area contributed by atoms with Gasteiger partial charge in [0, 0.05) is 11.6 Å². The molecule has 7 nitrogen and oxygen atoms in total. The first-order valence-corrected chi connectivity index (χ1v) is 12.1. The standard InChI is InChI=1S/C26H24N2O5S/c1-4-11-32-19-9-7-16(14-20(19)31-3)22-21-23(29)17-13-15(5-2)6-8-18(17)33-24(21)25(30)28(22)26-27-10-12-34-26/h6-10,12-14,22H,4-5,11H2,1-3H3. The van der Waals surface area contributed by atoms with Gasteiger partial charge < -0.3 is 13.9 Å². The lowest BCUT2D eigenvalue weighted by atomic mass is 9.97. The molecule has 2 aromatic carbocycles. The summed E-state index contributed by atoms with van der Waals surface area (Å²) in [5, 5.41) is 2.75. The summed E-state index contributed by atoms with van der Waals surface area (Å²) in [4.78, 5) is 33.2. The van der Waals surface area contributed by atoms with Crippen molar-refractivity contribution in [3.63, 3.8) is 0 Å². The first-order valence-electron chi connectivity index (χ1n) is 11.2. The number of methoxy groups -OCH3 is 1. The van der Waals surface area contributed by atoms with Gasteiger partial charge in [0.2, 0.25) is 5.76 Å². The summed E-state index contributed by atoms with van der Waals surface area (Å²) >= 11 is 1.33. The third-order valence-corrected chi connectivity index (χ3v) is 6.70. The number of ether oxygens (including phenoxy) is 2. The Morgan fingerprint density at radius 2 is 1.97 bits per heavy atom. The Morgan fingerprint density at radius 1 is 1.12 bits per heavy atom. The van der Waals surface area contributed by atoms with Crippen LogP contribution < -0.4 is 19.8 Å². The van der Waals surface area contributed by atoms with Crippen LogP contribution in [0.25, 0.3) is 11.0 Å². The van der Waals surface area contributed by atoms with Crippen molar-refractivity contribution in [2.24, 2.45) is 0 Å². The number of aryl methyl sites for hydroxylation is 1. The molecule has 1 aliphatic heterocycles. The molecule has 3 heterocycles. The number of carbonyl (C=O) groups is 1. The van der Waals surface area contributed by atoms with Crippen molar-refractivity contribution in [1.82, 2.24) is 4.98 Å². The number of amides is 1. The summed E-state index contributed by atoms with van der Waals surface area (Å²) < 4.78 is 17.4. The van der Waals surface area contributed by atoms with E-state index in [0.29, 0.717) is 45.3 Å². The van der Waals surface area contributed by atoms with Crippen LogP contribution in [0.15, 0.2) is 57.2 Å². The summed E-state index contributed by atoms with van der Waals surface area (Å²) in [6.07, 6.45) is 3.28. The van der Waals surface area contributed by atoms with E-state index in [4.69, 9.17) is 13.9 Å². The average Bonchev–Trinajstić information content (AvgIpc) is 3.49. The SMILES string of the molecule is CCCOc1ccc(C2c3c(oc4ccc(CC)cc4c3=O)C(=O)N2c2nccs2)cc1OC. The molecule has 4 aromatic rings. The molecule has 174 valence electrons. The number of hydrogen-bond acceptors (Lipinski definition) is 7. The lowest BCUT2D eigenvalue weighted by Crippen LogP contribution is -2.29. The van der Waals surface area contributed by atoms with Crippen LogP contribution in [-0.2, 0) is 6.42 Å². The maximum Gasteiger partial charge on any atom is 0.297 e. The van der Waals surface area contributed by atoms with Gasteiger partial charge in [-0.15, -0.1) is 11.3 Å². The molecular weight excluding hydrogens is 452 g/mol. The maximum atomic E-state index is 13.8. The molecule has 0 N–H and O–H groups in total. The molecule has 5 rings (SSSR count). The maximum absolute atomic E-state index is 13.8. The number of carbonyl (C=O) groups excluding carboxylic acids is 1. The average molecular weight is 477 g/mol. The van der Waals surface area contributed by atoms with Crippen molar-refractivity contribution in [1.29, 1.82) is 0 Å². The first-order chi connectivity index (χ1) is 16.6. The molecule has 0 fully saturated rings. The Kier molecular flexibility index (Phi) is 5.83. The summed E-state index contributed by atoms with van der Waals surface area (Å²) in [7, 11) is 1.57. The Hall–Kier alpha value is -3.65. The molecule has 1 atom stereocenters. The Bertz CT molecular complexity index is 1430. The van der Waals surface area contributed by atoms with E-state index in [1.54, 1.807) is 24.8 Å². The minimum atomic E-state index is -0.700. The van der Waals surface area contributed by atoms with Gasteiger partial charge in [-0.25, -0.2) is 4.98 Å². The fraction of sp³-hybridized carbons (Fsp3) is 0.269. The molecular formula is C26H24N2O5S. The molecule has 8 heteroatoms. The summed E-state index contributed by atoms with van der Waals surface area (Å²) in [5.74, 6) is 0.798. The molecule has 1 aliphatic rings. The van der Waals surface area contributed by atoms with Crippen molar-refractivity contribution < 1.29 is 18.7 Å². The highest BCUT2D eigenvalue weighted by Crippen LogP contribution is 2.43. The zero-order valence-electron chi connectivity index (χ0n) is 19.2. The topological polar surface area (TPSA) is 81.9 Å². The van der Waals surface area contributed by atoms with Crippen LogP contribution >= 0.6 is 11.3 Å². The van der Waals surface area contributed by atoms with E-state index in [9.17, 15) is 9.59 Å². The zero-order chi connectivity index (χ0) is 23.8. The quantitative estimate of drug-likeness (QED) is 0.357. The van der Waals surface area contributed by atoms with E-state index in [1.165, 1.54) is 16.2 Å². The molecule has 0 aliphatic carbocycles. The number of thiazole rings is 1. The molecule has 0 radical (unpaired) electrons. The third-order valence-electron chi connectivity index (χ3n) is 5.93. The van der Waals surface area contributed by atoms with Gasteiger partial charge in [0.05, 0.1) is 30.7 Å². The summed E-state index contributed by atoms with van der Waals surface area (Å²) in [6, 6.07) is 10.3. The van der Waals surface area contributed by atoms with Crippen LogP contribution in [0.2, 0.25) is 0 Å². The summed E-state index contributed by atoms with van der Waals surface area (Å²) in [6.45, 7) is 4.61. The van der Waals surface area contributed by atoms with Gasteiger partial charge in [-0.1, -0.05) is 26.0 Å². The van der Waals surface area contributed by atoms with Crippen molar-refractivity contribution in [2.75, 3.05) is 18.6 Å². The number of aromatic nitrogens is 1. The molecule has 1 amide bonds. The van der Waals surface area contributed by atoms with Crippen molar-refractivity contribution >= 4 is 33.3 Å². The Balaban J connectivity index is 1.74. The number of nitrogens with zero attached hydrogens (tertiary/aromatic N) is 2. The number of rotatable bonds is 7. The fourth-order valence-electron chi connectivity index (χ4n) is 4.27. The summed E-state index contributed by atoms with van der Waals surface area (Å²) in [5.41, 5.74) is 2.23. The van der Waals surface area contributed by atoms with Gasteiger partial charge in [0.1, 0.15) is 5.58 Å². The number of fused-ring (bicyclic) bond motifs is 2. The number of anilines is 1. The zero-order valence-corrected chi connectivity index (χ0v) is 20.0. The molecule has 34 heavy (non-hydrogen) atoms. The predicted octanol–water partition coefficient (Wildman–Crippen LogP) is 5.36. The first kappa shape index (κ1) is 22.2. The van der Waals surface area contributed by atoms with Crippen LogP contribution in [0, 0.1) is 0 Å². The van der Waals surface area contributed by atoms with Crippen LogP contribution in [0.5, 0.6) is 11.5 Å². The second-order valence-corrected chi connectivity index (χ2v) is 8.88. The number of benzene rings is 2. The largest absolute Gasteiger partial charge is 0.493 e. The highest BCUT2D eigenvalue weighted by Gasteiger charge is 2.45. The van der Waals surface area contributed by atoms with E-state index in [2.05, 4.69) is 4.98 Å². The van der Waals surface area contributed by atoms with E-state index in [0.717, 1.165) is 18.4 Å². The van der Waals surface area contributed by atoms with Crippen molar-refractivity contribution in [3.8, 4) is 11.5 Å². The monoisotopic (exact) mass is 476 g/mol. The van der Waals surface area contributed by atoms with Gasteiger partial charge in [-0.05, 0) is 48.2 Å². The van der Waals surface area contributed by atoms with Gasteiger partial charge in [-0.3, -0.25) is 14.5 Å². The highest BCUT2D eigenvalue weighted by molar-refractivity contribution is 7.13. The smallest absolute Gasteiger partial charge is 0.297 e. The van der Waals surface area contributed by atoms with Crippen molar-refractivity contribution in [2.45, 2.75) is 32.7 Å². The Labute approximate surface area is 200 Å². The molecule has 0 saturated heterocycles. The highest BCUT2D eigenvalue weighted by atomic mass is 32.1. The fourth-order valence-corrected chi connectivity index (χ4v) is 4.94. The van der Waals surface area contributed by atoms with Gasteiger partial charge in [-0.2, -0.15) is 0 Å². The predicted molar refractivity (Wildman–Crippen MR) is 131 cm³/mol. The van der Waals surface area contributed by atoms with E-state index in [1.807, 2.05) is 44.2 Å². The number of hydrogen-bond donors (Lipinski definition) is 0. The molecule has 0 saturated carbocycles. The molecule has 2 aromatic heterocycles. The lowest BCUT2D eigenvalue weighted by Gasteiger charge is -2.23. The van der Waals surface area contributed by atoms with Crippen LogP contribution in [0.4, 0.5) is 5.13 Å². The van der Waals surface area contributed by atoms with Crippen LogP contribution in [0.1, 0.15) is 53.6 Å². The van der Waals surface area contributed by atoms with Crippen molar-refractivity contribution in [3.05, 3.63) is 80.6 Å². The molecule has 0 bridgehead atoms.